The number of hydrogen-bond donors (Lipinski definition) is 3. The highest BCUT2D eigenvalue weighted by atomic mass is 127. The zero-order valence-electron chi connectivity index (χ0n) is 13.0. The topological polar surface area (TPSA) is 95.5 Å². The van der Waals surface area contributed by atoms with Gasteiger partial charge in [0.2, 0.25) is 0 Å². The van der Waals surface area contributed by atoms with Gasteiger partial charge < -0.3 is 15.7 Å². The molecule has 0 fully saturated rings. The van der Waals surface area contributed by atoms with Gasteiger partial charge in [0.15, 0.2) is 0 Å². The lowest BCUT2D eigenvalue weighted by molar-refractivity contribution is -0.137. The first-order valence-corrected chi connectivity index (χ1v) is 8.38. The molecule has 2 aromatic rings. The number of rotatable bonds is 6. The summed E-state index contributed by atoms with van der Waals surface area (Å²) in [6.07, 6.45) is 1.49. The number of hydrogen-bond acceptors (Lipinski definition) is 3. The third-order valence-electron chi connectivity index (χ3n) is 3.12. The number of carboxylic acid groups (broad SMARTS) is 1. The predicted molar refractivity (Wildman–Crippen MR) is 102 cm³/mol. The van der Waals surface area contributed by atoms with Crippen LogP contribution >= 0.6 is 22.6 Å². The number of carbonyl (C=O) groups is 3. The minimum Gasteiger partial charge on any atom is -0.480 e. The Kier molecular flexibility index (Phi) is 6.70. The Bertz CT molecular complexity index is 819. The summed E-state index contributed by atoms with van der Waals surface area (Å²) in [4.78, 5) is 35.4. The lowest BCUT2D eigenvalue weighted by Crippen LogP contribution is -2.37. The van der Waals surface area contributed by atoms with Crippen LogP contribution in [0.5, 0.6) is 0 Å². The smallest absolute Gasteiger partial charge is 0.322 e. The highest BCUT2D eigenvalue weighted by Gasteiger charge is 2.16. The molecule has 0 bridgehead atoms. The van der Waals surface area contributed by atoms with Crippen LogP contribution in [0.3, 0.4) is 0 Å². The highest BCUT2D eigenvalue weighted by molar-refractivity contribution is 14.1. The highest BCUT2D eigenvalue weighted by Crippen LogP contribution is 2.12. The van der Waals surface area contributed by atoms with E-state index in [1.807, 2.05) is 28.7 Å². The van der Waals surface area contributed by atoms with Gasteiger partial charge in [-0.1, -0.05) is 42.5 Å². The van der Waals surface area contributed by atoms with Crippen molar-refractivity contribution in [1.29, 1.82) is 0 Å². The summed E-state index contributed by atoms with van der Waals surface area (Å²) in [5, 5.41) is 13.5. The molecule has 0 aliphatic carbocycles. The molecule has 0 aliphatic rings. The van der Waals surface area contributed by atoms with Crippen LogP contribution in [-0.2, 0) is 9.59 Å². The number of carbonyl (C=O) groups excluding carboxylic acids is 2. The second-order valence-electron chi connectivity index (χ2n) is 4.98. The van der Waals surface area contributed by atoms with Crippen LogP contribution in [0, 0.1) is 3.57 Å². The molecule has 6 nitrogen and oxygen atoms in total. The van der Waals surface area contributed by atoms with Crippen LogP contribution in [-0.4, -0.2) is 29.4 Å². The van der Waals surface area contributed by atoms with E-state index in [0.717, 1.165) is 3.57 Å². The fraction of sp³-hybridized carbons (Fsp3) is 0.0556. The van der Waals surface area contributed by atoms with Gasteiger partial charge in [-0.3, -0.25) is 14.4 Å². The number of aliphatic carboxylic acids is 1. The summed E-state index contributed by atoms with van der Waals surface area (Å²) in [5.74, 6) is -2.29. The Morgan fingerprint density at radius 2 is 1.64 bits per heavy atom. The van der Waals surface area contributed by atoms with E-state index in [2.05, 4.69) is 10.6 Å². The van der Waals surface area contributed by atoms with Crippen LogP contribution in [0.1, 0.15) is 15.9 Å². The van der Waals surface area contributed by atoms with Crippen LogP contribution in [0.15, 0.2) is 60.3 Å². The van der Waals surface area contributed by atoms with Gasteiger partial charge in [-0.25, -0.2) is 0 Å². The lowest BCUT2D eigenvalue weighted by Gasteiger charge is -2.11. The summed E-state index contributed by atoms with van der Waals surface area (Å²) >= 11 is 2.03. The number of amides is 2. The van der Waals surface area contributed by atoms with E-state index in [1.54, 1.807) is 48.5 Å². The summed E-state index contributed by atoms with van der Waals surface area (Å²) in [7, 11) is 0. The van der Waals surface area contributed by atoms with Crippen molar-refractivity contribution in [3.63, 3.8) is 0 Å². The van der Waals surface area contributed by atoms with Crippen LogP contribution in [0.25, 0.3) is 6.08 Å². The second kappa shape index (κ2) is 8.97. The molecule has 2 amide bonds. The van der Waals surface area contributed by atoms with E-state index >= 15 is 0 Å². The minimum absolute atomic E-state index is 0.0305. The van der Waals surface area contributed by atoms with Crippen molar-refractivity contribution in [3.8, 4) is 0 Å². The molecule has 0 unspecified atom stereocenters. The molecular weight excluding hydrogens is 435 g/mol. The fourth-order valence-corrected chi connectivity index (χ4v) is 2.59. The maximum absolute atomic E-state index is 12.5. The average molecular weight is 450 g/mol. The molecule has 2 rings (SSSR count). The standard InChI is InChI=1S/C18H15IN2O4/c19-14-9-5-4-8-13(14)17(24)21-15(18(25)20-11-16(22)23)10-12-6-2-1-3-7-12/h1-10H,11H2,(H,20,25)(H,21,24)(H,22,23)/b15-10+. The van der Waals surface area contributed by atoms with Crippen LogP contribution in [0.4, 0.5) is 0 Å². The first kappa shape index (κ1) is 18.7. The van der Waals surface area contributed by atoms with Crippen molar-refractivity contribution in [3.05, 3.63) is 75.0 Å². The minimum atomic E-state index is -1.17. The molecule has 0 aliphatic heterocycles. The van der Waals surface area contributed by atoms with E-state index in [0.29, 0.717) is 11.1 Å². The molecule has 0 heterocycles. The molecular formula is C18H15IN2O4. The second-order valence-corrected chi connectivity index (χ2v) is 6.14. The third-order valence-corrected chi connectivity index (χ3v) is 4.06. The summed E-state index contributed by atoms with van der Waals surface area (Å²) in [6.45, 7) is -0.538. The van der Waals surface area contributed by atoms with Gasteiger partial charge in [0.05, 0.1) is 5.56 Å². The molecule has 2 aromatic carbocycles. The Balaban J connectivity index is 2.26. The van der Waals surface area contributed by atoms with Crippen molar-refractivity contribution in [2.75, 3.05) is 6.54 Å². The lowest BCUT2D eigenvalue weighted by atomic mass is 10.1. The van der Waals surface area contributed by atoms with Crippen molar-refractivity contribution in [1.82, 2.24) is 10.6 Å². The van der Waals surface area contributed by atoms with Crippen molar-refractivity contribution in [2.45, 2.75) is 0 Å². The van der Waals surface area contributed by atoms with E-state index in [9.17, 15) is 14.4 Å². The van der Waals surface area contributed by atoms with Gasteiger partial charge in [-0.05, 0) is 46.4 Å². The number of halogens is 1. The number of nitrogens with one attached hydrogen (secondary N) is 2. The normalized spacial score (nSPS) is 10.8. The molecule has 25 heavy (non-hydrogen) atoms. The molecule has 0 spiro atoms. The Hall–Kier alpha value is -2.68. The molecule has 7 heteroatoms. The monoisotopic (exact) mass is 450 g/mol. The van der Waals surface area contributed by atoms with Gasteiger partial charge in [0.25, 0.3) is 11.8 Å². The van der Waals surface area contributed by atoms with Gasteiger partial charge in [0, 0.05) is 3.57 Å². The molecule has 0 radical (unpaired) electrons. The van der Waals surface area contributed by atoms with Crippen molar-refractivity contribution >= 4 is 46.5 Å². The Labute approximate surface area is 158 Å². The maximum atomic E-state index is 12.5. The summed E-state index contributed by atoms with van der Waals surface area (Å²) < 4.78 is 0.739. The van der Waals surface area contributed by atoms with E-state index in [1.165, 1.54) is 6.08 Å². The first-order valence-electron chi connectivity index (χ1n) is 7.30. The summed E-state index contributed by atoms with van der Waals surface area (Å²) in [5.41, 5.74) is 1.09. The predicted octanol–water partition coefficient (Wildman–Crippen LogP) is 2.26. The zero-order chi connectivity index (χ0) is 18.2. The first-order chi connectivity index (χ1) is 12.0. The van der Waals surface area contributed by atoms with E-state index < -0.39 is 24.3 Å². The van der Waals surface area contributed by atoms with Gasteiger partial charge in [-0.15, -0.1) is 0 Å². The summed E-state index contributed by atoms with van der Waals surface area (Å²) in [6, 6.07) is 15.9. The Morgan fingerprint density at radius 1 is 1.00 bits per heavy atom. The molecule has 0 saturated carbocycles. The maximum Gasteiger partial charge on any atom is 0.322 e. The SMILES string of the molecule is O=C(O)CNC(=O)/C(=C\c1ccccc1)NC(=O)c1ccccc1I. The van der Waals surface area contributed by atoms with Gasteiger partial charge >= 0.3 is 5.97 Å². The number of benzene rings is 2. The quantitative estimate of drug-likeness (QED) is 0.465. The molecule has 0 atom stereocenters. The van der Waals surface area contributed by atoms with E-state index in [-0.39, 0.29) is 5.70 Å². The molecule has 3 N–H and O–H groups in total. The third kappa shape index (κ3) is 5.71. The molecule has 0 saturated heterocycles. The Morgan fingerprint density at radius 3 is 2.28 bits per heavy atom. The van der Waals surface area contributed by atoms with Crippen LogP contribution < -0.4 is 10.6 Å². The zero-order valence-corrected chi connectivity index (χ0v) is 15.2. The molecule has 128 valence electrons. The fourth-order valence-electron chi connectivity index (χ4n) is 1.96. The van der Waals surface area contributed by atoms with Crippen molar-refractivity contribution < 1.29 is 19.5 Å². The van der Waals surface area contributed by atoms with Gasteiger partial charge in [-0.2, -0.15) is 0 Å². The molecule has 0 aromatic heterocycles. The van der Waals surface area contributed by atoms with E-state index in [4.69, 9.17) is 5.11 Å². The van der Waals surface area contributed by atoms with Crippen LogP contribution in [0.2, 0.25) is 0 Å². The largest absolute Gasteiger partial charge is 0.480 e. The van der Waals surface area contributed by atoms with Crippen molar-refractivity contribution in [2.24, 2.45) is 0 Å². The average Bonchev–Trinajstić information content (AvgIpc) is 2.60. The van der Waals surface area contributed by atoms with Gasteiger partial charge in [0.1, 0.15) is 12.2 Å². The number of carboxylic acids is 1.